The van der Waals surface area contributed by atoms with Crippen molar-refractivity contribution >= 4 is 17.7 Å². The average Bonchev–Trinajstić information content (AvgIpc) is 2.72. The molecule has 1 rings (SSSR count). The van der Waals surface area contributed by atoms with Crippen molar-refractivity contribution in [2.24, 2.45) is 0 Å². The minimum absolute atomic E-state index is 0.00263. The molecule has 0 aliphatic heterocycles. The lowest BCUT2D eigenvalue weighted by molar-refractivity contribution is -0.122. The Morgan fingerprint density at radius 3 is 2.79 bits per heavy atom. The highest BCUT2D eigenvalue weighted by molar-refractivity contribution is 7.99. The van der Waals surface area contributed by atoms with Gasteiger partial charge in [0.05, 0.1) is 11.6 Å². The third-order valence-corrected chi connectivity index (χ3v) is 3.98. The van der Waals surface area contributed by atoms with Crippen LogP contribution in [-0.4, -0.2) is 40.8 Å². The molecule has 2 N–H and O–H groups in total. The van der Waals surface area contributed by atoms with Gasteiger partial charge in [0.2, 0.25) is 5.91 Å². The molecule has 0 aromatic carbocycles. The standard InChI is InChI=1S/C13H22N2O3S/c1-9(12-10(2)15-18-11(12)3)13(17)14-5-8-19-7-4-6-16/h9,16H,4-8H2,1-3H3,(H,14,17). The van der Waals surface area contributed by atoms with Gasteiger partial charge in [0, 0.05) is 24.5 Å². The molecular formula is C13H22N2O3S. The van der Waals surface area contributed by atoms with E-state index in [4.69, 9.17) is 9.63 Å². The van der Waals surface area contributed by atoms with Crippen LogP contribution in [0.5, 0.6) is 0 Å². The average molecular weight is 286 g/mol. The summed E-state index contributed by atoms with van der Waals surface area (Å²) in [4.78, 5) is 12.0. The highest BCUT2D eigenvalue weighted by Crippen LogP contribution is 2.22. The zero-order valence-electron chi connectivity index (χ0n) is 11.7. The molecule has 5 nitrogen and oxygen atoms in total. The second-order valence-electron chi connectivity index (χ2n) is 4.44. The molecule has 0 bridgehead atoms. The second kappa shape index (κ2) is 8.22. The molecule has 19 heavy (non-hydrogen) atoms. The van der Waals surface area contributed by atoms with E-state index in [0.29, 0.717) is 12.3 Å². The molecule has 0 saturated heterocycles. The second-order valence-corrected chi connectivity index (χ2v) is 5.66. The van der Waals surface area contributed by atoms with E-state index in [2.05, 4.69) is 10.5 Å². The first-order valence-electron chi connectivity index (χ1n) is 6.47. The van der Waals surface area contributed by atoms with Crippen LogP contribution >= 0.6 is 11.8 Å². The molecule has 0 aliphatic carbocycles. The van der Waals surface area contributed by atoms with Crippen LogP contribution in [0, 0.1) is 13.8 Å². The van der Waals surface area contributed by atoms with Crippen molar-refractivity contribution in [3.05, 3.63) is 17.0 Å². The number of thioether (sulfide) groups is 1. The molecule has 0 aliphatic rings. The summed E-state index contributed by atoms with van der Waals surface area (Å²) in [5.74, 6) is 2.24. The van der Waals surface area contributed by atoms with Gasteiger partial charge in [-0.2, -0.15) is 11.8 Å². The number of nitrogens with zero attached hydrogens (tertiary/aromatic N) is 1. The molecule has 1 aromatic heterocycles. The smallest absolute Gasteiger partial charge is 0.227 e. The highest BCUT2D eigenvalue weighted by Gasteiger charge is 2.22. The van der Waals surface area contributed by atoms with Gasteiger partial charge in [-0.05, 0) is 32.9 Å². The van der Waals surface area contributed by atoms with Crippen LogP contribution in [0.25, 0.3) is 0 Å². The summed E-state index contributed by atoms with van der Waals surface area (Å²) >= 11 is 1.73. The van der Waals surface area contributed by atoms with E-state index < -0.39 is 0 Å². The Kier molecular flexibility index (Phi) is 6.94. The van der Waals surface area contributed by atoms with E-state index in [0.717, 1.165) is 29.2 Å². The number of amides is 1. The van der Waals surface area contributed by atoms with E-state index in [1.54, 1.807) is 11.8 Å². The summed E-state index contributed by atoms with van der Waals surface area (Å²) < 4.78 is 5.08. The van der Waals surface area contributed by atoms with Gasteiger partial charge in [0.25, 0.3) is 0 Å². The monoisotopic (exact) mass is 286 g/mol. The van der Waals surface area contributed by atoms with E-state index in [1.165, 1.54) is 0 Å². The number of carbonyl (C=O) groups excluding carboxylic acids is 1. The molecule has 1 unspecified atom stereocenters. The van der Waals surface area contributed by atoms with E-state index >= 15 is 0 Å². The van der Waals surface area contributed by atoms with Gasteiger partial charge < -0.3 is 14.9 Å². The molecule has 0 spiro atoms. The Balaban J connectivity index is 2.33. The predicted molar refractivity (Wildman–Crippen MR) is 76.4 cm³/mol. The van der Waals surface area contributed by atoms with Gasteiger partial charge in [-0.25, -0.2) is 0 Å². The van der Waals surface area contributed by atoms with Gasteiger partial charge in [0.1, 0.15) is 5.76 Å². The summed E-state index contributed by atoms with van der Waals surface area (Å²) in [5, 5.41) is 15.4. The van der Waals surface area contributed by atoms with Gasteiger partial charge in [-0.15, -0.1) is 0 Å². The normalized spacial score (nSPS) is 12.4. The zero-order chi connectivity index (χ0) is 14.3. The van der Waals surface area contributed by atoms with Crippen molar-refractivity contribution in [3.63, 3.8) is 0 Å². The molecule has 6 heteroatoms. The quantitative estimate of drug-likeness (QED) is 0.710. The van der Waals surface area contributed by atoms with Crippen LogP contribution in [-0.2, 0) is 4.79 Å². The maximum absolute atomic E-state index is 12.0. The maximum atomic E-state index is 12.0. The number of hydrogen-bond acceptors (Lipinski definition) is 5. The molecule has 1 atom stereocenters. The number of hydrogen-bond donors (Lipinski definition) is 2. The molecule has 1 aromatic rings. The largest absolute Gasteiger partial charge is 0.396 e. The van der Waals surface area contributed by atoms with Crippen molar-refractivity contribution in [1.29, 1.82) is 0 Å². The van der Waals surface area contributed by atoms with Gasteiger partial charge in [-0.3, -0.25) is 4.79 Å². The number of aliphatic hydroxyl groups is 1. The Bertz CT molecular complexity index is 387. The zero-order valence-corrected chi connectivity index (χ0v) is 12.5. The van der Waals surface area contributed by atoms with Crippen molar-refractivity contribution in [2.75, 3.05) is 24.7 Å². The minimum Gasteiger partial charge on any atom is -0.396 e. The Morgan fingerprint density at radius 1 is 1.47 bits per heavy atom. The van der Waals surface area contributed by atoms with Crippen molar-refractivity contribution < 1.29 is 14.4 Å². The number of carbonyl (C=O) groups is 1. The number of rotatable bonds is 8. The third-order valence-electron chi connectivity index (χ3n) is 2.91. The molecule has 0 fully saturated rings. The lowest BCUT2D eigenvalue weighted by Crippen LogP contribution is -2.30. The fourth-order valence-corrected chi connectivity index (χ4v) is 2.69. The molecule has 0 saturated carbocycles. The van der Waals surface area contributed by atoms with Crippen LogP contribution < -0.4 is 5.32 Å². The topological polar surface area (TPSA) is 75.4 Å². The fraction of sp³-hybridized carbons (Fsp3) is 0.692. The molecule has 108 valence electrons. The summed E-state index contributed by atoms with van der Waals surface area (Å²) in [6.45, 7) is 6.40. The Morgan fingerprint density at radius 2 is 2.21 bits per heavy atom. The minimum atomic E-state index is -0.242. The Hall–Kier alpha value is -1.01. The Labute approximate surface area is 118 Å². The summed E-state index contributed by atoms with van der Waals surface area (Å²) in [5.41, 5.74) is 1.66. The predicted octanol–water partition coefficient (Wildman–Crippen LogP) is 1.63. The van der Waals surface area contributed by atoms with Crippen LogP contribution in [0.15, 0.2) is 4.52 Å². The maximum Gasteiger partial charge on any atom is 0.227 e. The SMILES string of the molecule is Cc1noc(C)c1C(C)C(=O)NCCSCCCO. The highest BCUT2D eigenvalue weighted by atomic mass is 32.2. The first kappa shape index (κ1) is 16.0. The van der Waals surface area contributed by atoms with Crippen LogP contribution in [0.2, 0.25) is 0 Å². The van der Waals surface area contributed by atoms with E-state index in [-0.39, 0.29) is 18.4 Å². The fourth-order valence-electron chi connectivity index (χ4n) is 1.91. The lowest BCUT2D eigenvalue weighted by atomic mass is 9.99. The number of aryl methyl sites for hydroxylation is 2. The summed E-state index contributed by atoms with van der Waals surface area (Å²) in [6, 6.07) is 0. The van der Waals surface area contributed by atoms with E-state index in [9.17, 15) is 4.79 Å². The lowest BCUT2D eigenvalue weighted by Gasteiger charge is -2.11. The van der Waals surface area contributed by atoms with Gasteiger partial charge in [-0.1, -0.05) is 5.16 Å². The first-order valence-corrected chi connectivity index (χ1v) is 7.62. The van der Waals surface area contributed by atoms with Crippen LogP contribution in [0.4, 0.5) is 0 Å². The van der Waals surface area contributed by atoms with Crippen molar-refractivity contribution in [2.45, 2.75) is 33.1 Å². The van der Waals surface area contributed by atoms with Crippen molar-refractivity contribution in [1.82, 2.24) is 10.5 Å². The van der Waals surface area contributed by atoms with Gasteiger partial charge in [0.15, 0.2) is 0 Å². The van der Waals surface area contributed by atoms with Gasteiger partial charge >= 0.3 is 0 Å². The van der Waals surface area contributed by atoms with Crippen LogP contribution in [0.3, 0.4) is 0 Å². The molecule has 0 radical (unpaired) electrons. The number of aliphatic hydroxyl groups excluding tert-OH is 1. The number of nitrogens with one attached hydrogen (secondary N) is 1. The van der Waals surface area contributed by atoms with Crippen molar-refractivity contribution in [3.8, 4) is 0 Å². The molecular weight excluding hydrogens is 264 g/mol. The summed E-state index contributed by atoms with van der Waals surface area (Å²) in [6.07, 6.45) is 0.800. The molecule has 1 heterocycles. The number of aromatic nitrogens is 1. The first-order chi connectivity index (χ1) is 9.07. The third kappa shape index (κ3) is 4.87. The molecule has 1 amide bonds. The van der Waals surface area contributed by atoms with Crippen LogP contribution in [0.1, 0.15) is 36.3 Å². The van der Waals surface area contributed by atoms with E-state index in [1.807, 2.05) is 20.8 Å². The summed E-state index contributed by atoms with van der Waals surface area (Å²) in [7, 11) is 0.